The summed E-state index contributed by atoms with van der Waals surface area (Å²) in [6.45, 7) is 1.89. The van der Waals surface area contributed by atoms with E-state index in [4.69, 9.17) is 32.5 Å². The average Bonchev–Trinajstić information content (AvgIpc) is 3.04. The second kappa shape index (κ2) is 7.88. The molecule has 2 N–H and O–H groups in total. The molecule has 0 saturated carbocycles. The third-order valence-electron chi connectivity index (χ3n) is 3.74. The van der Waals surface area contributed by atoms with E-state index in [0.29, 0.717) is 21.6 Å². The Morgan fingerprint density at radius 2 is 2.04 bits per heavy atom. The van der Waals surface area contributed by atoms with Crippen molar-refractivity contribution in [1.82, 2.24) is 15.8 Å². The van der Waals surface area contributed by atoms with Crippen molar-refractivity contribution >= 4 is 29.1 Å². The molecule has 0 spiro atoms. The zero-order valence-corrected chi connectivity index (χ0v) is 14.4. The van der Waals surface area contributed by atoms with Crippen LogP contribution in [0, 0.1) is 0 Å². The van der Waals surface area contributed by atoms with Crippen molar-refractivity contribution in [2.75, 3.05) is 13.1 Å². The van der Waals surface area contributed by atoms with Crippen molar-refractivity contribution in [3.8, 4) is 5.75 Å². The number of para-hydroxylation sites is 1. The molecule has 6 nitrogen and oxygen atoms in total. The largest absolute Gasteiger partial charge is 0.482 e. The first-order chi connectivity index (χ1) is 11.6. The van der Waals surface area contributed by atoms with Gasteiger partial charge in [-0.25, -0.2) is 0 Å². The number of rotatable bonds is 5. The minimum Gasteiger partial charge on any atom is -0.482 e. The highest BCUT2D eigenvalue weighted by Gasteiger charge is 2.19. The normalized spacial score (nSPS) is 15.2. The molecule has 0 aliphatic carbocycles. The predicted molar refractivity (Wildman–Crippen MR) is 90.7 cm³/mol. The van der Waals surface area contributed by atoms with E-state index in [9.17, 15) is 4.79 Å². The molecule has 1 amide bonds. The van der Waals surface area contributed by atoms with Gasteiger partial charge in [-0.15, -0.1) is 0 Å². The molecule has 0 bridgehead atoms. The Labute approximate surface area is 149 Å². The number of nitrogens with zero attached hydrogens (tertiary/aromatic N) is 1. The lowest BCUT2D eigenvalue weighted by atomic mass is 10.1. The first-order valence-electron chi connectivity index (χ1n) is 7.67. The van der Waals surface area contributed by atoms with E-state index in [-0.39, 0.29) is 24.2 Å². The van der Waals surface area contributed by atoms with Gasteiger partial charge in [0, 0.05) is 12.1 Å². The Morgan fingerprint density at radius 3 is 2.75 bits per heavy atom. The van der Waals surface area contributed by atoms with Gasteiger partial charge in [-0.05, 0) is 38.1 Å². The lowest BCUT2D eigenvalue weighted by Crippen LogP contribution is -2.42. The van der Waals surface area contributed by atoms with Crippen LogP contribution < -0.4 is 15.4 Å². The maximum absolute atomic E-state index is 12.2. The summed E-state index contributed by atoms with van der Waals surface area (Å²) in [5, 5.41) is 10.8. The number of halogens is 2. The Morgan fingerprint density at radius 1 is 1.33 bits per heavy atom. The fraction of sp³-hybridized carbons (Fsp3) is 0.375. The number of hydrogen-bond acceptors (Lipinski definition) is 5. The number of carbonyl (C=O) groups is 1. The van der Waals surface area contributed by atoms with E-state index in [2.05, 4.69) is 15.8 Å². The molecule has 2 aromatic rings. The molecule has 0 radical (unpaired) electrons. The van der Waals surface area contributed by atoms with E-state index >= 15 is 0 Å². The molecule has 1 saturated heterocycles. The SMILES string of the molecule is O=C(NC1CCNCC1)c1cc(COc2c(Cl)cccc2Cl)on1. The summed E-state index contributed by atoms with van der Waals surface area (Å²) in [5.74, 6) is 0.548. The van der Waals surface area contributed by atoms with E-state index in [1.807, 2.05) is 0 Å². The molecular weight excluding hydrogens is 353 g/mol. The molecule has 2 heterocycles. The van der Waals surface area contributed by atoms with Crippen LogP contribution in [-0.2, 0) is 6.61 Å². The van der Waals surface area contributed by atoms with Crippen LogP contribution in [0.25, 0.3) is 0 Å². The van der Waals surface area contributed by atoms with Crippen LogP contribution in [0.15, 0.2) is 28.8 Å². The predicted octanol–water partition coefficient (Wildman–Crippen LogP) is 3.04. The van der Waals surface area contributed by atoms with Crippen molar-refractivity contribution in [2.45, 2.75) is 25.5 Å². The molecule has 1 aliphatic heterocycles. The second-order valence-electron chi connectivity index (χ2n) is 5.52. The van der Waals surface area contributed by atoms with Gasteiger partial charge in [-0.3, -0.25) is 4.79 Å². The number of carbonyl (C=O) groups excluding carboxylic acids is 1. The maximum atomic E-state index is 12.2. The fourth-order valence-electron chi connectivity index (χ4n) is 2.48. The molecule has 3 rings (SSSR count). The highest BCUT2D eigenvalue weighted by molar-refractivity contribution is 6.37. The summed E-state index contributed by atoms with van der Waals surface area (Å²) in [7, 11) is 0. The Balaban J connectivity index is 1.58. The number of aromatic nitrogens is 1. The van der Waals surface area contributed by atoms with Gasteiger partial charge in [-0.2, -0.15) is 0 Å². The Bertz CT molecular complexity index is 694. The maximum Gasteiger partial charge on any atom is 0.273 e. The molecule has 0 unspecified atom stereocenters. The second-order valence-corrected chi connectivity index (χ2v) is 6.33. The first kappa shape index (κ1) is 17.1. The van der Waals surface area contributed by atoms with Crippen LogP contribution in [0.4, 0.5) is 0 Å². The van der Waals surface area contributed by atoms with Gasteiger partial charge in [0.25, 0.3) is 5.91 Å². The standard InChI is InChI=1S/C16H17Cl2N3O3/c17-12-2-1-3-13(18)15(12)23-9-11-8-14(21-24-11)16(22)20-10-4-6-19-7-5-10/h1-3,8,10,19H,4-7,9H2,(H,20,22). The van der Waals surface area contributed by atoms with E-state index in [1.54, 1.807) is 24.3 Å². The number of amides is 1. The number of piperidine rings is 1. The van der Waals surface area contributed by atoms with Gasteiger partial charge in [0.15, 0.2) is 17.2 Å². The molecule has 1 fully saturated rings. The zero-order chi connectivity index (χ0) is 16.9. The zero-order valence-electron chi connectivity index (χ0n) is 12.9. The Kier molecular flexibility index (Phi) is 5.60. The molecule has 24 heavy (non-hydrogen) atoms. The molecule has 8 heteroatoms. The van der Waals surface area contributed by atoms with Crippen molar-refractivity contribution in [2.24, 2.45) is 0 Å². The monoisotopic (exact) mass is 369 g/mol. The van der Waals surface area contributed by atoms with Crippen LogP contribution >= 0.6 is 23.2 Å². The molecule has 1 aliphatic rings. The van der Waals surface area contributed by atoms with Crippen LogP contribution in [0.2, 0.25) is 10.0 Å². The van der Waals surface area contributed by atoms with Crippen molar-refractivity contribution in [1.29, 1.82) is 0 Å². The summed E-state index contributed by atoms with van der Waals surface area (Å²) in [4.78, 5) is 12.2. The van der Waals surface area contributed by atoms with Crippen LogP contribution in [0.1, 0.15) is 29.1 Å². The summed E-state index contributed by atoms with van der Waals surface area (Å²) >= 11 is 12.1. The molecule has 1 aromatic heterocycles. The van der Waals surface area contributed by atoms with Crippen LogP contribution in [-0.4, -0.2) is 30.2 Å². The third kappa shape index (κ3) is 4.20. The van der Waals surface area contributed by atoms with Crippen molar-refractivity contribution in [3.05, 3.63) is 45.8 Å². The van der Waals surface area contributed by atoms with E-state index < -0.39 is 0 Å². The molecule has 0 atom stereocenters. The van der Waals surface area contributed by atoms with Gasteiger partial charge in [0.1, 0.15) is 6.61 Å². The lowest BCUT2D eigenvalue weighted by molar-refractivity contribution is 0.0920. The quantitative estimate of drug-likeness (QED) is 0.846. The summed E-state index contributed by atoms with van der Waals surface area (Å²) < 4.78 is 10.7. The minimum absolute atomic E-state index is 0.0804. The number of hydrogen-bond donors (Lipinski definition) is 2. The van der Waals surface area contributed by atoms with Gasteiger partial charge in [0.05, 0.1) is 10.0 Å². The first-order valence-corrected chi connectivity index (χ1v) is 8.43. The van der Waals surface area contributed by atoms with E-state index in [1.165, 1.54) is 0 Å². The highest BCUT2D eigenvalue weighted by Crippen LogP contribution is 2.32. The minimum atomic E-state index is -0.243. The lowest BCUT2D eigenvalue weighted by Gasteiger charge is -2.23. The van der Waals surface area contributed by atoms with E-state index in [0.717, 1.165) is 25.9 Å². The van der Waals surface area contributed by atoms with Gasteiger partial charge < -0.3 is 19.9 Å². The van der Waals surface area contributed by atoms with Crippen LogP contribution in [0.3, 0.4) is 0 Å². The summed E-state index contributed by atoms with van der Waals surface area (Å²) in [5.41, 5.74) is 0.234. The average molecular weight is 370 g/mol. The van der Waals surface area contributed by atoms with Crippen molar-refractivity contribution < 1.29 is 14.1 Å². The smallest absolute Gasteiger partial charge is 0.273 e. The topological polar surface area (TPSA) is 76.4 Å². The summed E-state index contributed by atoms with van der Waals surface area (Å²) in [6.07, 6.45) is 1.81. The number of nitrogens with one attached hydrogen (secondary N) is 2. The number of ether oxygens (including phenoxy) is 1. The van der Waals surface area contributed by atoms with Gasteiger partial charge >= 0.3 is 0 Å². The molecule has 128 valence electrons. The third-order valence-corrected chi connectivity index (χ3v) is 4.34. The highest BCUT2D eigenvalue weighted by atomic mass is 35.5. The van der Waals surface area contributed by atoms with Crippen molar-refractivity contribution in [3.63, 3.8) is 0 Å². The number of benzene rings is 1. The van der Waals surface area contributed by atoms with Gasteiger partial charge in [-0.1, -0.05) is 34.4 Å². The van der Waals surface area contributed by atoms with Crippen LogP contribution in [0.5, 0.6) is 5.75 Å². The fourth-order valence-corrected chi connectivity index (χ4v) is 2.98. The summed E-state index contributed by atoms with van der Waals surface area (Å²) in [6, 6.07) is 6.82. The van der Waals surface area contributed by atoms with Gasteiger partial charge in [0.2, 0.25) is 0 Å². The molecular formula is C16H17Cl2N3O3. The molecule has 1 aromatic carbocycles. The Hall–Kier alpha value is -1.76.